The molecule has 1 aromatic heterocycles. The van der Waals surface area contributed by atoms with E-state index in [2.05, 4.69) is 36.4 Å². The summed E-state index contributed by atoms with van der Waals surface area (Å²) in [6.07, 6.45) is 3.33. The van der Waals surface area contributed by atoms with E-state index in [9.17, 15) is 4.79 Å². The van der Waals surface area contributed by atoms with Crippen molar-refractivity contribution in [1.29, 1.82) is 0 Å². The highest BCUT2D eigenvalue weighted by atomic mass is 16.1. The van der Waals surface area contributed by atoms with Crippen LogP contribution in [0.4, 0.5) is 5.69 Å². The molecule has 1 aromatic rings. The van der Waals surface area contributed by atoms with Crippen LogP contribution in [0.15, 0.2) is 18.5 Å². The Morgan fingerprint density at radius 1 is 1.39 bits per heavy atom. The van der Waals surface area contributed by atoms with Crippen molar-refractivity contribution in [3.8, 4) is 0 Å². The fourth-order valence-corrected chi connectivity index (χ4v) is 1.51. The summed E-state index contributed by atoms with van der Waals surface area (Å²) in [7, 11) is 0. The molecule has 18 heavy (non-hydrogen) atoms. The minimum atomic E-state index is -0.0409. The summed E-state index contributed by atoms with van der Waals surface area (Å²) in [5.74, 6) is 0.996. The SMILES string of the molecule is CCNc1cnccc1C(=O)NCC(C)C(C)C. The van der Waals surface area contributed by atoms with Gasteiger partial charge in [-0.05, 0) is 24.8 Å². The van der Waals surface area contributed by atoms with E-state index in [0.29, 0.717) is 23.9 Å². The third-order valence-corrected chi connectivity index (χ3v) is 3.16. The van der Waals surface area contributed by atoms with E-state index in [1.165, 1.54) is 0 Å². The van der Waals surface area contributed by atoms with Gasteiger partial charge in [0.2, 0.25) is 0 Å². The predicted molar refractivity (Wildman–Crippen MR) is 74.7 cm³/mol. The molecule has 0 aliphatic heterocycles. The topological polar surface area (TPSA) is 54.0 Å². The van der Waals surface area contributed by atoms with Gasteiger partial charge in [-0.15, -0.1) is 0 Å². The number of amides is 1. The first-order valence-electron chi connectivity index (χ1n) is 6.52. The van der Waals surface area contributed by atoms with Crippen LogP contribution >= 0.6 is 0 Å². The second-order valence-electron chi connectivity index (χ2n) is 4.88. The molecule has 0 saturated heterocycles. The van der Waals surface area contributed by atoms with Crippen LogP contribution in [0.5, 0.6) is 0 Å². The fraction of sp³-hybridized carbons (Fsp3) is 0.571. The van der Waals surface area contributed by atoms with Crippen LogP contribution in [0.2, 0.25) is 0 Å². The van der Waals surface area contributed by atoms with Crippen LogP contribution < -0.4 is 10.6 Å². The molecule has 1 unspecified atom stereocenters. The number of anilines is 1. The van der Waals surface area contributed by atoms with Gasteiger partial charge in [0.05, 0.1) is 17.4 Å². The highest BCUT2D eigenvalue weighted by Crippen LogP contribution is 2.13. The first kappa shape index (κ1) is 14.5. The Hall–Kier alpha value is -1.58. The van der Waals surface area contributed by atoms with Gasteiger partial charge in [-0.1, -0.05) is 20.8 Å². The minimum Gasteiger partial charge on any atom is -0.383 e. The molecule has 4 heteroatoms. The Morgan fingerprint density at radius 2 is 2.11 bits per heavy atom. The summed E-state index contributed by atoms with van der Waals surface area (Å²) in [4.78, 5) is 16.1. The first-order valence-corrected chi connectivity index (χ1v) is 6.52. The average Bonchev–Trinajstić information content (AvgIpc) is 2.36. The number of nitrogens with zero attached hydrogens (tertiary/aromatic N) is 1. The van der Waals surface area contributed by atoms with Gasteiger partial charge in [-0.2, -0.15) is 0 Å². The molecule has 0 fully saturated rings. The van der Waals surface area contributed by atoms with Crippen LogP contribution in [0.1, 0.15) is 38.1 Å². The maximum atomic E-state index is 12.1. The maximum Gasteiger partial charge on any atom is 0.253 e. The van der Waals surface area contributed by atoms with Crippen LogP contribution in [-0.4, -0.2) is 24.0 Å². The minimum absolute atomic E-state index is 0.0409. The van der Waals surface area contributed by atoms with Gasteiger partial charge >= 0.3 is 0 Å². The molecule has 0 saturated carbocycles. The van der Waals surface area contributed by atoms with Crippen LogP contribution in [0, 0.1) is 11.8 Å². The molecule has 100 valence electrons. The van der Waals surface area contributed by atoms with Crippen LogP contribution in [-0.2, 0) is 0 Å². The second kappa shape index (κ2) is 6.99. The molecule has 0 aliphatic carbocycles. The molecule has 2 N–H and O–H groups in total. The van der Waals surface area contributed by atoms with E-state index in [-0.39, 0.29) is 5.91 Å². The molecular formula is C14H23N3O. The Bertz CT molecular complexity index is 390. The van der Waals surface area contributed by atoms with Crippen molar-refractivity contribution in [3.05, 3.63) is 24.0 Å². The van der Waals surface area contributed by atoms with E-state index >= 15 is 0 Å². The van der Waals surface area contributed by atoms with Crippen molar-refractivity contribution >= 4 is 11.6 Å². The van der Waals surface area contributed by atoms with E-state index < -0.39 is 0 Å². The summed E-state index contributed by atoms with van der Waals surface area (Å²) in [6, 6.07) is 1.74. The lowest BCUT2D eigenvalue weighted by Gasteiger charge is -2.17. The lowest BCUT2D eigenvalue weighted by atomic mass is 9.98. The Labute approximate surface area is 109 Å². The maximum absolute atomic E-state index is 12.1. The molecule has 0 radical (unpaired) electrons. The van der Waals surface area contributed by atoms with Crippen molar-refractivity contribution in [2.24, 2.45) is 11.8 Å². The average molecular weight is 249 g/mol. The van der Waals surface area contributed by atoms with Crippen LogP contribution in [0.25, 0.3) is 0 Å². The number of hydrogen-bond donors (Lipinski definition) is 2. The Morgan fingerprint density at radius 3 is 2.72 bits per heavy atom. The summed E-state index contributed by atoms with van der Waals surface area (Å²) in [5.41, 5.74) is 1.44. The number of rotatable bonds is 6. The number of hydrogen-bond acceptors (Lipinski definition) is 3. The number of carbonyl (C=O) groups excluding carboxylic acids is 1. The zero-order valence-corrected chi connectivity index (χ0v) is 11.7. The van der Waals surface area contributed by atoms with Crippen molar-refractivity contribution in [1.82, 2.24) is 10.3 Å². The zero-order valence-electron chi connectivity index (χ0n) is 11.7. The van der Waals surface area contributed by atoms with Crippen molar-refractivity contribution in [3.63, 3.8) is 0 Å². The van der Waals surface area contributed by atoms with Gasteiger partial charge < -0.3 is 10.6 Å². The second-order valence-corrected chi connectivity index (χ2v) is 4.88. The summed E-state index contributed by atoms with van der Waals surface area (Å²) in [5, 5.41) is 6.12. The summed E-state index contributed by atoms with van der Waals surface area (Å²) < 4.78 is 0. The quantitative estimate of drug-likeness (QED) is 0.814. The predicted octanol–water partition coefficient (Wildman–Crippen LogP) is 2.54. The van der Waals surface area contributed by atoms with E-state index in [0.717, 1.165) is 12.2 Å². The third-order valence-electron chi connectivity index (χ3n) is 3.16. The molecule has 0 aliphatic rings. The number of aromatic nitrogens is 1. The van der Waals surface area contributed by atoms with E-state index in [1.54, 1.807) is 18.5 Å². The van der Waals surface area contributed by atoms with Gasteiger partial charge in [-0.3, -0.25) is 9.78 Å². The standard InChI is InChI=1S/C14H23N3O/c1-5-16-13-9-15-7-6-12(13)14(18)17-8-11(4)10(2)3/h6-7,9-11,16H,5,8H2,1-4H3,(H,17,18). The monoisotopic (exact) mass is 249 g/mol. The van der Waals surface area contributed by atoms with E-state index in [4.69, 9.17) is 0 Å². The van der Waals surface area contributed by atoms with E-state index in [1.807, 2.05) is 6.92 Å². The zero-order chi connectivity index (χ0) is 13.5. The normalized spacial score (nSPS) is 12.3. The molecule has 1 atom stereocenters. The summed E-state index contributed by atoms with van der Waals surface area (Å²) >= 11 is 0. The van der Waals surface area contributed by atoms with Gasteiger partial charge in [0.15, 0.2) is 0 Å². The molecule has 0 aromatic carbocycles. The molecule has 0 spiro atoms. The Balaban J connectivity index is 2.66. The first-order chi connectivity index (χ1) is 8.56. The smallest absolute Gasteiger partial charge is 0.253 e. The Kier molecular flexibility index (Phi) is 5.62. The molecule has 1 rings (SSSR count). The van der Waals surface area contributed by atoms with Crippen molar-refractivity contribution < 1.29 is 4.79 Å². The highest BCUT2D eigenvalue weighted by Gasteiger charge is 2.13. The number of nitrogens with one attached hydrogen (secondary N) is 2. The van der Waals surface area contributed by atoms with Gasteiger partial charge in [-0.25, -0.2) is 0 Å². The summed E-state index contributed by atoms with van der Waals surface area (Å²) in [6.45, 7) is 9.93. The van der Waals surface area contributed by atoms with Crippen molar-refractivity contribution in [2.75, 3.05) is 18.4 Å². The molecule has 4 nitrogen and oxygen atoms in total. The van der Waals surface area contributed by atoms with Gasteiger partial charge in [0, 0.05) is 19.3 Å². The number of pyridine rings is 1. The largest absolute Gasteiger partial charge is 0.383 e. The fourth-order valence-electron chi connectivity index (χ4n) is 1.51. The van der Waals surface area contributed by atoms with Crippen molar-refractivity contribution in [2.45, 2.75) is 27.7 Å². The molecule has 0 bridgehead atoms. The molecule has 1 amide bonds. The lowest BCUT2D eigenvalue weighted by molar-refractivity contribution is 0.0945. The van der Waals surface area contributed by atoms with Gasteiger partial charge in [0.25, 0.3) is 5.91 Å². The lowest BCUT2D eigenvalue weighted by Crippen LogP contribution is -2.30. The number of carbonyl (C=O) groups is 1. The van der Waals surface area contributed by atoms with Crippen LogP contribution in [0.3, 0.4) is 0 Å². The molecule has 1 heterocycles. The third kappa shape index (κ3) is 4.02. The van der Waals surface area contributed by atoms with Gasteiger partial charge in [0.1, 0.15) is 0 Å². The highest BCUT2D eigenvalue weighted by molar-refractivity contribution is 5.99. The molecular weight excluding hydrogens is 226 g/mol.